The summed E-state index contributed by atoms with van der Waals surface area (Å²) < 4.78 is 22.1. The highest BCUT2D eigenvalue weighted by atomic mass is 35.7. The summed E-state index contributed by atoms with van der Waals surface area (Å²) in [6, 6.07) is 29.7. The third-order valence-electron chi connectivity index (χ3n) is 5.37. The number of H-pyrrole nitrogens is 1. The molecule has 0 saturated heterocycles. The number of nitrogens with one attached hydrogen (secondary N) is 4. The van der Waals surface area contributed by atoms with Crippen LogP contribution < -0.4 is 21.5 Å². The van der Waals surface area contributed by atoms with Gasteiger partial charge in [-0.05, 0) is 60.7 Å². The van der Waals surface area contributed by atoms with Crippen molar-refractivity contribution in [1.82, 2.24) is 29.9 Å². The minimum atomic E-state index is -3.71. The molecule has 0 unspecified atom stereocenters. The van der Waals surface area contributed by atoms with Crippen LogP contribution in [-0.2, 0) is 9.05 Å². The van der Waals surface area contributed by atoms with E-state index in [1.807, 2.05) is 60.7 Å². The van der Waals surface area contributed by atoms with Crippen LogP contribution in [0.1, 0.15) is 0 Å². The second-order valence-corrected chi connectivity index (χ2v) is 12.1. The summed E-state index contributed by atoms with van der Waals surface area (Å²) in [6.45, 7) is 0. The van der Waals surface area contributed by atoms with Crippen molar-refractivity contribution >= 4 is 77.8 Å². The van der Waals surface area contributed by atoms with Gasteiger partial charge in [0.2, 0.25) is 17.8 Å². The molecule has 6 aromatic rings. The zero-order valence-corrected chi connectivity index (χ0v) is 26.6. The Morgan fingerprint density at radius 3 is 1.48 bits per heavy atom. The van der Waals surface area contributed by atoms with Gasteiger partial charge in [-0.2, -0.15) is 0 Å². The molecule has 0 saturated carbocycles. The first-order valence-electron chi connectivity index (χ1n) is 13.1. The molecule has 6 rings (SSSR count). The van der Waals surface area contributed by atoms with Crippen molar-refractivity contribution in [3.05, 3.63) is 142 Å². The molecular weight excluding hydrogens is 673 g/mol. The van der Waals surface area contributed by atoms with Gasteiger partial charge in [0.1, 0.15) is 10.3 Å². The summed E-state index contributed by atoms with van der Waals surface area (Å²) >= 11 is 11.4. The molecule has 0 atom stereocenters. The van der Waals surface area contributed by atoms with E-state index in [1.54, 1.807) is 30.5 Å². The van der Waals surface area contributed by atoms with Crippen LogP contribution in [0.2, 0.25) is 10.3 Å². The molecule has 16 heteroatoms. The third kappa shape index (κ3) is 11.8. The van der Waals surface area contributed by atoms with Gasteiger partial charge in [0.15, 0.2) is 0 Å². The Kier molecular flexibility index (Phi) is 12.4. The van der Waals surface area contributed by atoms with Crippen molar-refractivity contribution in [2.24, 2.45) is 0 Å². The van der Waals surface area contributed by atoms with Crippen molar-refractivity contribution in [2.45, 2.75) is 4.90 Å². The SMILES string of the molecule is Clc1ccnc(Nc2ccccc2)n1.O=S(=O)(Cl)c1ccc(Nc2nccc(Cl)n2)cc1.O=c1ccnc(Nc2ccccc2)[nH]1. The van der Waals surface area contributed by atoms with E-state index < -0.39 is 9.05 Å². The highest BCUT2D eigenvalue weighted by Crippen LogP contribution is 2.20. The lowest BCUT2D eigenvalue weighted by Crippen LogP contribution is -2.07. The zero-order chi connectivity index (χ0) is 32.8. The molecule has 0 radical (unpaired) electrons. The molecule has 3 aromatic heterocycles. The molecule has 0 aliphatic rings. The maximum absolute atomic E-state index is 11.1. The summed E-state index contributed by atoms with van der Waals surface area (Å²) in [6.07, 6.45) is 4.58. The zero-order valence-electron chi connectivity index (χ0n) is 23.5. The number of anilines is 6. The maximum atomic E-state index is 11.1. The molecule has 12 nitrogen and oxygen atoms in total. The van der Waals surface area contributed by atoms with Crippen LogP contribution in [0, 0.1) is 0 Å². The summed E-state index contributed by atoms with van der Waals surface area (Å²) in [5, 5.41) is 9.64. The van der Waals surface area contributed by atoms with E-state index >= 15 is 0 Å². The smallest absolute Gasteiger partial charge is 0.261 e. The molecule has 0 amide bonds. The Hall–Kier alpha value is -5.08. The minimum absolute atomic E-state index is 0.0294. The Morgan fingerprint density at radius 1 is 0.565 bits per heavy atom. The number of halogens is 3. The van der Waals surface area contributed by atoms with Crippen LogP contribution in [0.25, 0.3) is 0 Å². The number of benzene rings is 3. The van der Waals surface area contributed by atoms with Gasteiger partial charge < -0.3 is 16.0 Å². The molecule has 3 aromatic carbocycles. The van der Waals surface area contributed by atoms with Gasteiger partial charge >= 0.3 is 0 Å². The van der Waals surface area contributed by atoms with Crippen LogP contribution in [0.4, 0.5) is 34.9 Å². The fourth-order valence-corrected chi connectivity index (χ4v) is 4.41. The lowest BCUT2D eigenvalue weighted by atomic mass is 10.3. The van der Waals surface area contributed by atoms with E-state index in [0.717, 1.165) is 11.4 Å². The molecule has 3 heterocycles. The number of nitrogens with zero attached hydrogens (tertiary/aromatic N) is 5. The molecular formula is C30H24Cl3N9O3S. The molecule has 0 bridgehead atoms. The van der Waals surface area contributed by atoms with E-state index in [-0.39, 0.29) is 10.5 Å². The molecule has 46 heavy (non-hydrogen) atoms. The van der Waals surface area contributed by atoms with Gasteiger partial charge in [-0.15, -0.1) is 0 Å². The first-order valence-corrected chi connectivity index (χ1v) is 16.2. The van der Waals surface area contributed by atoms with Gasteiger partial charge in [0.05, 0.1) is 4.90 Å². The van der Waals surface area contributed by atoms with Crippen LogP contribution in [-0.4, -0.2) is 38.3 Å². The van der Waals surface area contributed by atoms with E-state index in [9.17, 15) is 13.2 Å². The fraction of sp³-hybridized carbons (Fsp3) is 0. The van der Waals surface area contributed by atoms with E-state index in [0.29, 0.717) is 33.8 Å². The van der Waals surface area contributed by atoms with Gasteiger partial charge in [0, 0.05) is 52.4 Å². The maximum Gasteiger partial charge on any atom is 0.261 e. The second kappa shape index (κ2) is 16.8. The average Bonchev–Trinajstić information content (AvgIpc) is 3.03. The van der Waals surface area contributed by atoms with Gasteiger partial charge in [0.25, 0.3) is 14.6 Å². The Morgan fingerprint density at radius 2 is 1.02 bits per heavy atom. The minimum Gasteiger partial charge on any atom is -0.326 e. The van der Waals surface area contributed by atoms with E-state index in [2.05, 4.69) is 45.9 Å². The number of aromatic amines is 1. The summed E-state index contributed by atoms with van der Waals surface area (Å²) in [5.41, 5.74) is 2.29. The Labute approximate surface area is 278 Å². The molecule has 234 valence electrons. The largest absolute Gasteiger partial charge is 0.326 e. The number of para-hydroxylation sites is 2. The van der Waals surface area contributed by atoms with Crippen molar-refractivity contribution in [2.75, 3.05) is 16.0 Å². The van der Waals surface area contributed by atoms with Gasteiger partial charge in [-0.1, -0.05) is 59.6 Å². The quantitative estimate of drug-likeness (QED) is 0.0985. The first kappa shape index (κ1) is 33.8. The third-order valence-corrected chi connectivity index (χ3v) is 7.16. The monoisotopic (exact) mass is 695 g/mol. The summed E-state index contributed by atoms with van der Waals surface area (Å²) in [5.74, 6) is 1.27. The molecule has 0 fully saturated rings. The fourth-order valence-electron chi connectivity index (χ4n) is 3.37. The normalized spacial score (nSPS) is 10.3. The van der Waals surface area contributed by atoms with Gasteiger partial charge in [-0.3, -0.25) is 9.78 Å². The predicted octanol–water partition coefficient (Wildman–Crippen LogP) is 7.19. The highest BCUT2D eigenvalue weighted by molar-refractivity contribution is 8.13. The lowest BCUT2D eigenvalue weighted by molar-refractivity contribution is 0.609. The van der Waals surface area contributed by atoms with Crippen molar-refractivity contribution in [3.8, 4) is 0 Å². The average molecular weight is 697 g/mol. The van der Waals surface area contributed by atoms with Crippen LogP contribution in [0.15, 0.2) is 131 Å². The van der Waals surface area contributed by atoms with Crippen molar-refractivity contribution in [3.63, 3.8) is 0 Å². The summed E-state index contributed by atoms with van der Waals surface area (Å²) in [4.78, 5) is 33.5. The topological polar surface area (TPSA) is 168 Å². The number of hydrogen-bond acceptors (Lipinski definition) is 11. The Bertz CT molecular complexity index is 2000. The predicted molar refractivity (Wildman–Crippen MR) is 181 cm³/mol. The Balaban J connectivity index is 0.000000158. The molecule has 0 spiro atoms. The van der Waals surface area contributed by atoms with Crippen LogP contribution >= 0.6 is 33.9 Å². The highest BCUT2D eigenvalue weighted by Gasteiger charge is 2.09. The van der Waals surface area contributed by atoms with Crippen molar-refractivity contribution < 1.29 is 8.42 Å². The number of aromatic nitrogens is 6. The number of rotatable bonds is 7. The molecule has 4 N–H and O–H groups in total. The molecule has 0 aliphatic carbocycles. The summed E-state index contributed by atoms with van der Waals surface area (Å²) in [7, 11) is 1.49. The van der Waals surface area contributed by atoms with Crippen LogP contribution in [0.5, 0.6) is 0 Å². The second-order valence-electron chi connectivity index (χ2n) is 8.76. The standard InChI is InChI=1S/C10H7Cl2N3O2S.C10H8ClN3.C10H9N3O/c11-9-5-6-13-10(15-9)14-7-1-3-8(4-2-7)18(12,16)17;11-9-6-7-12-10(14-9)13-8-4-2-1-3-5-8;14-9-6-7-11-10(13-9)12-8-4-2-1-3-5-8/h1-6H,(H,13,14,15);1-7H,(H,12,13,14);1-7H,(H2,11,12,13,14). The van der Waals surface area contributed by atoms with E-state index in [4.69, 9.17) is 33.9 Å². The first-order chi connectivity index (χ1) is 22.1. The van der Waals surface area contributed by atoms with Crippen LogP contribution in [0.3, 0.4) is 0 Å². The number of hydrogen-bond donors (Lipinski definition) is 4. The molecule has 0 aliphatic heterocycles. The van der Waals surface area contributed by atoms with E-state index in [1.165, 1.54) is 30.6 Å². The van der Waals surface area contributed by atoms with Crippen molar-refractivity contribution in [1.29, 1.82) is 0 Å². The lowest BCUT2D eigenvalue weighted by Gasteiger charge is -2.04. The van der Waals surface area contributed by atoms with Gasteiger partial charge in [-0.25, -0.2) is 33.3 Å².